The molecule has 0 amide bonds. The SMILES string of the molecule is [2H]C(Nc1cc(C#N)c2ncc(C#N)c(NC(CC)c3ccccc3)c2c1)(c1ccc(F)nc1)c1cn(C2CC2)nn1. The van der Waals surface area contributed by atoms with Crippen molar-refractivity contribution in [2.24, 2.45) is 0 Å². The number of anilines is 2. The van der Waals surface area contributed by atoms with Crippen LogP contribution in [0.5, 0.6) is 0 Å². The number of rotatable bonds is 9. The first kappa shape index (κ1) is 24.7. The smallest absolute Gasteiger partial charge is 0.212 e. The Balaban J connectivity index is 1.49. The Morgan fingerprint density at radius 2 is 1.83 bits per heavy atom. The predicted octanol–water partition coefficient (Wildman–Crippen LogP) is 6.20. The van der Waals surface area contributed by atoms with Gasteiger partial charge in [-0.05, 0) is 48.6 Å². The van der Waals surface area contributed by atoms with Crippen molar-refractivity contribution in [1.29, 1.82) is 10.5 Å². The van der Waals surface area contributed by atoms with Gasteiger partial charge in [0.25, 0.3) is 0 Å². The number of hydrogen-bond acceptors (Lipinski definition) is 8. The van der Waals surface area contributed by atoms with Crippen LogP contribution < -0.4 is 10.6 Å². The first-order valence-electron chi connectivity index (χ1n) is 13.8. The molecule has 9 nitrogen and oxygen atoms in total. The highest BCUT2D eigenvalue weighted by atomic mass is 19.1. The molecule has 0 radical (unpaired) electrons. The molecule has 1 fully saturated rings. The fourth-order valence-electron chi connectivity index (χ4n) is 4.84. The molecule has 2 atom stereocenters. The van der Waals surface area contributed by atoms with Gasteiger partial charge in [-0.1, -0.05) is 48.5 Å². The highest BCUT2D eigenvalue weighted by Crippen LogP contribution is 2.37. The van der Waals surface area contributed by atoms with E-state index < -0.39 is 12.0 Å². The van der Waals surface area contributed by atoms with Crippen LogP contribution in [0, 0.1) is 28.6 Å². The van der Waals surface area contributed by atoms with E-state index in [2.05, 4.69) is 43.1 Å². The van der Waals surface area contributed by atoms with E-state index in [4.69, 9.17) is 0 Å². The molecule has 2 N–H and O–H groups in total. The van der Waals surface area contributed by atoms with E-state index in [9.17, 15) is 16.3 Å². The summed E-state index contributed by atoms with van der Waals surface area (Å²) in [6, 6.07) is 18.8. The van der Waals surface area contributed by atoms with Crippen LogP contribution in [0.15, 0.2) is 73.2 Å². The molecule has 3 heterocycles. The third kappa shape index (κ3) is 5.28. The van der Waals surface area contributed by atoms with Crippen molar-refractivity contribution in [3.05, 3.63) is 107 Å². The zero-order valence-electron chi connectivity index (χ0n) is 23.2. The molecule has 0 aliphatic heterocycles. The van der Waals surface area contributed by atoms with Crippen LogP contribution in [0.25, 0.3) is 10.9 Å². The van der Waals surface area contributed by atoms with Crippen molar-refractivity contribution >= 4 is 22.3 Å². The monoisotopic (exact) mass is 544 g/mol. The average molecular weight is 545 g/mol. The van der Waals surface area contributed by atoms with Gasteiger partial charge in [-0.15, -0.1) is 5.10 Å². The normalized spacial score (nSPS) is 15.3. The van der Waals surface area contributed by atoms with Crippen molar-refractivity contribution in [2.45, 2.75) is 44.3 Å². The first-order valence-corrected chi connectivity index (χ1v) is 13.3. The molecule has 3 aromatic heterocycles. The molecule has 5 aromatic rings. The topological polar surface area (TPSA) is 128 Å². The molecule has 10 heteroatoms. The lowest BCUT2D eigenvalue weighted by atomic mass is 10.0. The van der Waals surface area contributed by atoms with Crippen molar-refractivity contribution in [2.75, 3.05) is 10.6 Å². The highest BCUT2D eigenvalue weighted by Gasteiger charge is 2.27. The molecule has 41 heavy (non-hydrogen) atoms. The van der Waals surface area contributed by atoms with Crippen molar-refractivity contribution in [3.8, 4) is 12.1 Å². The van der Waals surface area contributed by atoms with Gasteiger partial charge in [0.1, 0.15) is 17.8 Å². The van der Waals surface area contributed by atoms with Crippen molar-refractivity contribution < 1.29 is 5.76 Å². The summed E-state index contributed by atoms with van der Waals surface area (Å²) in [5.74, 6) is -0.671. The Hall–Kier alpha value is -5.35. The zero-order chi connectivity index (χ0) is 29.3. The summed E-state index contributed by atoms with van der Waals surface area (Å²) in [6.07, 6.45) is 7.17. The number of benzene rings is 2. The van der Waals surface area contributed by atoms with Gasteiger partial charge in [0, 0.05) is 23.5 Å². The van der Waals surface area contributed by atoms with E-state index in [-0.39, 0.29) is 17.6 Å². The maximum absolute atomic E-state index is 13.8. The van der Waals surface area contributed by atoms with Crippen LogP contribution in [0.2, 0.25) is 0 Å². The lowest BCUT2D eigenvalue weighted by Crippen LogP contribution is -2.14. The molecule has 2 aromatic carbocycles. The van der Waals surface area contributed by atoms with E-state index in [1.807, 2.05) is 37.3 Å². The maximum Gasteiger partial charge on any atom is 0.212 e. The van der Waals surface area contributed by atoms with E-state index in [1.54, 1.807) is 23.0 Å². The van der Waals surface area contributed by atoms with E-state index in [1.165, 1.54) is 24.5 Å². The Kier molecular flexibility index (Phi) is 6.64. The van der Waals surface area contributed by atoms with Gasteiger partial charge in [-0.25, -0.2) is 9.67 Å². The molecule has 1 aliphatic carbocycles. The van der Waals surface area contributed by atoms with Gasteiger partial charge in [0.15, 0.2) is 0 Å². The molecule has 202 valence electrons. The third-order valence-corrected chi connectivity index (χ3v) is 7.11. The largest absolute Gasteiger partial charge is 0.377 e. The second-order valence-electron chi connectivity index (χ2n) is 9.89. The van der Waals surface area contributed by atoms with Crippen LogP contribution in [0.3, 0.4) is 0 Å². The zero-order valence-corrected chi connectivity index (χ0v) is 22.2. The van der Waals surface area contributed by atoms with Gasteiger partial charge in [0.05, 0.1) is 48.0 Å². The number of pyridine rings is 2. The fourth-order valence-corrected chi connectivity index (χ4v) is 4.84. The number of nitriles is 2. The third-order valence-electron chi connectivity index (χ3n) is 7.11. The van der Waals surface area contributed by atoms with Gasteiger partial charge < -0.3 is 10.6 Å². The Morgan fingerprint density at radius 1 is 1.02 bits per heavy atom. The fraction of sp³-hybridized carbons (Fsp3) is 0.226. The summed E-state index contributed by atoms with van der Waals surface area (Å²) < 4.78 is 25.1. The number of aromatic nitrogens is 5. The minimum absolute atomic E-state index is 0.107. The maximum atomic E-state index is 13.8. The molecule has 1 saturated carbocycles. The summed E-state index contributed by atoms with van der Waals surface area (Å²) in [5.41, 5.74) is 3.63. The van der Waals surface area contributed by atoms with Gasteiger partial charge in [-0.2, -0.15) is 14.9 Å². The Morgan fingerprint density at radius 3 is 2.51 bits per heavy atom. The minimum atomic E-state index is -1.72. The van der Waals surface area contributed by atoms with Gasteiger partial charge >= 0.3 is 0 Å². The van der Waals surface area contributed by atoms with Crippen LogP contribution in [0.4, 0.5) is 15.8 Å². The van der Waals surface area contributed by atoms with Crippen LogP contribution in [0.1, 0.15) is 73.6 Å². The number of hydrogen-bond donors (Lipinski definition) is 2. The summed E-state index contributed by atoms with van der Waals surface area (Å²) >= 11 is 0. The number of fused-ring (bicyclic) bond motifs is 1. The molecule has 0 bridgehead atoms. The lowest BCUT2D eigenvalue weighted by molar-refractivity contribution is 0.581. The molecule has 6 rings (SSSR count). The van der Waals surface area contributed by atoms with Crippen LogP contribution >= 0.6 is 0 Å². The van der Waals surface area contributed by atoms with Crippen LogP contribution in [-0.2, 0) is 0 Å². The predicted molar refractivity (Wildman–Crippen MR) is 152 cm³/mol. The molecule has 1 aliphatic rings. The second-order valence-corrected chi connectivity index (χ2v) is 9.89. The molecular formula is C31H26FN9. The summed E-state index contributed by atoms with van der Waals surface area (Å²) in [7, 11) is 0. The summed E-state index contributed by atoms with van der Waals surface area (Å²) in [4.78, 5) is 8.21. The van der Waals surface area contributed by atoms with Crippen LogP contribution in [-0.4, -0.2) is 25.0 Å². The minimum Gasteiger partial charge on any atom is -0.377 e. The summed E-state index contributed by atoms with van der Waals surface area (Å²) in [5, 5.41) is 35.9. The molecule has 0 spiro atoms. The Labute approximate surface area is 237 Å². The quantitative estimate of drug-likeness (QED) is 0.210. The standard InChI is InChI=1S/C31H26FN9/c1-2-26(19-6-4-3-5-7-19)38-30-22(15-34)17-36-29-21(14-33)12-23(13-25(29)30)37-31(20-8-11-28(32)35-16-20)27-18-41(40-39-27)24-9-10-24/h3-8,11-13,16-18,24,26,31,37H,2,9-10H2,1H3,(H,36,38)/i31D. The van der Waals surface area contributed by atoms with Gasteiger partial charge in [0.2, 0.25) is 5.95 Å². The van der Waals surface area contributed by atoms with E-state index in [0.717, 1.165) is 24.8 Å². The number of nitrogens with one attached hydrogen (secondary N) is 2. The van der Waals surface area contributed by atoms with Gasteiger partial charge in [-0.3, -0.25) is 4.98 Å². The van der Waals surface area contributed by atoms with E-state index >= 15 is 0 Å². The number of halogens is 1. The molecular weight excluding hydrogens is 517 g/mol. The summed E-state index contributed by atoms with van der Waals surface area (Å²) in [6.45, 7) is 2.05. The number of nitrogens with zero attached hydrogens (tertiary/aromatic N) is 7. The highest BCUT2D eigenvalue weighted by molar-refractivity contribution is 5.99. The molecule has 2 unspecified atom stereocenters. The average Bonchev–Trinajstić information content (AvgIpc) is 3.75. The Bertz CT molecular complexity index is 1840. The molecule has 0 saturated heterocycles. The van der Waals surface area contributed by atoms with E-state index in [0.29, 0.717) is 39.1 Å². The second kappa shape index (κ2) is 11.0. The van der Waals surface area contributed by atoms with Crippen molar-refractivity contribution in [3.63, 3.8) is 0 Å². The lowest BCUT2D eigenvalue weighted by Gasteiger charge is -2.22. The van der Waals surface area contributed by atoms with Crippen molar-refractivity contribution in [1.82, 2.24) is 25.0 Å². The first-order chi connectivity index (χ1) is 20.4.